The van der Waals surface area contributed by atoms with Crippen LogP contribution < -0.4 is 10.9 Å². The monoisotopic (exact) mass is 461 g/mol. The van der Waals surface area contributed by atoms with Crippen LogP contribution in [-0.2, 0) is 22.5 Å². The number of esters is 1. The maximum atomic E-state index is 13.0. The average Bonchev–Trinajstić information content (AvgIpc) is 2.79. The van der Waals surface area contributed by atoms with Gasteiger partial charge in [0.05, 0.1) is 16.5 Å². The first-order valence-corrected chi connectivity index (χ1v) is 11.9. The summed E-state index contributed by atoms with van der Waals surface area (Å²) in [7, 11) is 0. The molecule has 0 spiro atoms. The van der Waals surface area contributed by atoms with Crippen molar-refractivity contribution in [1.82, 2.24) is 9.55 Å². The number of anilines is 1. The van der Waals surface area contributed by atoms with Gasteiger partial charge in [-0.25, -0.2) is 9.78 Å². The first kappa shape index (κ1) is 23.7. The minimum absolute atomic E-state index is 0.0691. The van der Waals surface area contributed by atoms with Gasteiger partial charge in [-0.1, -0.05) is 44.9 Å². The minimum Gasteiger partial charge on any atom is -0.452 e. The molecule has 4 rings (SSSR count). The van der Waals surface area contributed by atoms with Gasteiger partial charge in [0.25, 0.3) is 11.5 Å². The molecular formula is C27H31N3O4. The number of benzene rings is 2. The lowest BCUT2D eigenvalue weighted by Crippen LogP contribution is -2.26. The molecule has 0 aliphatic carbocycles. The Balaban J connectivity index is 1.49. The van der Waals surface area contributed by atoms with E-state index in [1.54, 1.807) is 22.8 Å². The van der Waals surface area contributed by atoms with Crippen LogP contribution in [0, 0.1) is 6.92 Å². The molecule has 0 bridgehead atoms. The lowest BCUT2D eigenvalue weighted by molar-refractivity contribution is -0.119. The topological polar surface area (TPSA) is 90.3 Å². The molecule has 1 amide bonds. The number of nitrogens with one attached hydrogen (secondary N) is 1. The number of hydrogen-bond donors (Lipinski definition) is 1. The summed E-state index contributed by atoms with van der Waals surface area (Å²) < 4.78 is 7.03. The molecule has 0 saturated carbocycles. The average molecular weight is 462 g/mol. The van der Waals surface area contributed by atoms with Gasteiger partial charge >= 0.3 is 5.97 Å². The van der Waals surface area contributed by atoms with Gasteiger partial charge in [-0.3, -0.25) is 14.2 Å². The molecule has 0 radical (unpaired) electrons. The van der Waals surface area contributed by atoms with E-state index in [0.717, 1.165) is 54.7 Å². The van der Waals surface area contributed by atoms with E-state index < -0.39 is 18.5 Å². The third-order valence-electron chi connectivity index (χ3n) is 6.33. The van der Waals surface area contributed by atoms with Gasteiger partial charge in [0.2, 0.25) is 0 Å². The van der Waals surface area contributed by atoms with E-state index in [9.17, 15) is 14.4 Å². The first-order valence-electron chi connectivity index (χ1n) is 11.9. The van der Waals surface area contributed by atoms with Crippen LogP contribution in [0.3, 0.4) is 0 Å². The van der Waals surface area contributed by atoms with E-state index in [1.165, 1.54) is 0 Å². The summed E-state index contributed by atoms with van der Waals surface area (Å²) in [5, 5.41) is 3.36. The number of ether oxygens (including phenoxy) is 1. The summed E-state index contributed by atoms with van der Waals surface area (Å²) in [6.07, 6.45) is 4.95. The highest BCUT2D eigenvalue weighted by Crippen LogP contribution is 2.27. The van der Waals surface area contributed by atoms with Crippen molar-refractivity contribution in [2.75, 3.05) is 11.9 Å². The van der Waals surface area contributed by atoms with Crippen LogP contribution >= 0.6 is 0 Å². The zero-order valence-corrected chi connectivity index (χ0v) is 20.0. The highest BCUT2D eigenvalue weighted by Gasteiger charge is 2.17. The molecule has 3 aromatic rings. The molecular weight excluding hydrogens is 430 g/mol. The van der Waals surface area contributed by atoms with Crippen molar-refractivity contribution >= 4 is 28.5 Å². The second-order valence-electron chi connectivity index (χ2n) is 9.20. The molecule has 1 aromatic heterocycles. The number of fused-ring (bicyclic) bond motifs is 2. The van der Waals surface area contributed by atoms with Crippen LogP contribution in [0.5, 0.6) is 0 Å². The van der Waals surface area contributed by atoms with E-state index in [2.05, 4.69) is 24.1 Å². The maximum absolute atomic E-state index is 13.0. The Morgan fingerprint density at radius 1 is 1.12 bits per heavy atom. The Morgan fingerprint density at radius 2 is 1.91 bits per heavy atom. The van der Waals surface area contributed by atoms with Gasteiger partial charge in [0, 0.05) is 18.7 Å². The number of carbonyl (C=O) groups excluding carboxylic acids is 2. The second kappa shape index (κ2) is 10.2. The summed E-state index contributed by atoms with van der Waals surface area (Å²) in [5.74, 6) is -0.0183. The van der Waals surface area contributed by atoms with Crippen molar-refractivity contribution in [3.63, 3.8) is 0 Å². The first-order chi connectivity index (χ1) is 16.3. The van der Waals surface area contributed by atoms with Crippen LogP contribution in [0.4, 0.5) is 5.69 Å². The molecule has 0 fully saturated rings. The SMILES string of the molecule is Cc1cccc(C(C)C)c1NC(=O)COC(=O)c1ccc2c(=O)n3c(nc2c1)CCCCCC3. The Hall–Kier alpha value is -3.48. The number of aryl methyl sites for hydroxylation is 2. The highest BCUT2D eigenvalue weighted by atomic mass is 16.5. The standard InChI is InChI=1S/C27H31N3O4/c1-17(2)20-10-8-9-18(3)25(20)29-24(31)16-34-27(33)19-12-13-21-22(15-19)28-23-11-6-4-5-7-14-30(23)26(21)32/h8-10,12-13,15,17H,4-7,11,14,16H2,1-3H3,(H,29,31). The van der Waals surface area contributed by atoms with Gasteiger partial charge in [0.15, 0.2) is 6.61 Å². The third-order valence-corrected chi connectivity index (χ3v) is 6.33. The fourth-order valence-electron chi connectivity index (χ4n) is 4.45. The normalized spacial score (nSPS) is 13.8. The molecule has 7 heteroatoms. The molecule has 2 heterocycles. The maximum Gasteiger partial charge on any atom is 0.338 e. The fraction of sp³-hybridized carbons (Fsp3) is 0.407. The quantitative estimate of drug-likeness (QED) is 0.554. The smallest absolute Gasteiger partial charge is 0.338 e. The minimum atomic E-state index is -0.625. The van der Waals surface area contributed by atoms with Crippen molar-refractivity contribution in [2.45, 2.75) is 65.3 Å². The van der Waals surface area contributed by atoms with E-state index in [-0.39, 0.29) is 17.0 Å². The van der Waals surface area contributed by atoms with E-state index in [1.807, 2.05) is 25.1 Å². The number of hydrogen-bond acceptors (Lipinski definition) is 5. The molecule has 0 saturated heterocycles. The summed E-state index contributed by atoms with van der Waals surface area (Å²) in [4.78, 5) is 42.8. The molecule has 1 aliphatic heterocycles. The van der Waals surface area contributed by atoms with Crippen molar-refractivity contribution in [3.05, 3.63) is 69.3 Å². The van der Waals surface area contributed by atoms with Crippen molar-refractivity contribution in [1.29, 1.82) is 0 Å². The number of carbonyl (C=O) groups is 2. The Bertz CT molecular complexity index is 1290. The fourth-order valence-corrected chi connectivity index (χ4v) is 4.45. The molecule has 7 nitrogen and oxygen atoms in total. The third kappa shape index (κ3) is 5.03. The Morgan fingerprint density at radius 3 is 2.71 bits per heavy atom. The lowest BCUT2D eigenvalue weighted by atomic mass is 9.98. The van der Waals surface area contributed by atoms with Crippen LogP contribution in [0.15, 0.2) is 41.2 Å². The van der Waals surface area contributed by atoms with Gasteiger partial charge < -0.3 is 10.1 Å². The number of aromatic nitrogens is 2. The predicted molar refractivity (Wildman–Crippen MR) is 132 cm³/mol. The van der Waals surface area contributed by atoms with Crippen LogP contribution in [0.25, 0.3) is 10.9 Å². The van der Waals surface area contributed by atoms with Gasteiger partial charge in [-0.15, -0.1) is 0 Å². The number of amides is 1. The number of rotatable bonds is 5. The molecule has 1 aliphatic rings. The van der Waals surface area contributed by atoms with Crippen LogP contribution in [0.1, 0.15) is 72.8 Å². The summed E-state index contributed by atoms with van der Waals surface area (Å²) in [6.45, 7) is 6.33. The van der Waals surface area contributed by atoms with Gasteiger partial charge in [-0.2, -0.15) is 0 Å². The predicted octanol–water partition coefficient (Wildman–Crippen LogP) is 4.74. The molecule has 178 valence electrons. The summed E-state index contributed by atoms with van der Waals surface area (Å²) in [5.41, 5.74) is 3.42. The number of para-hydroxylation sites is 1. The lowest BCUT2D eigenvalue weighted by Gasteiger charge is -2.17. The van der Waals surface area contributed by atoms with E-state index >= 15 is 0 Å². The van der Waals surface area contributed by atoms with Crippen LogP contribution in [0.2, 0.25) is 0 Å². The summed E-state index contributed by atoms with van der Waals surface area (Å²) >= 11 is 0. The largest absolute Gasteiger partial charge is 0.452 e. The zero-order valence-electron chi connectivity index (χ0n) is 20.0. The summed E-state index contributed by atoms with van der Waals surface area (Å²) in [6, 6.07) is 10.6. The van der Waals surface area contributed by atoms with Crippen molar-refractivity contribution < 1.29 is 14.3 Å². The van der Waals surface area contributed by atoms with Crippen molar-refractivity contribution in [2.24, 2.45) is 0 Å². The Kier molecular flexibility index (Phi) is 7.10. The van der Waals surface area contributed by atoms with Gasteiger partial charge in [0.1, 0.15) is 5.82 Å². The molecule has 0 unspecified atom stereocenters. The molecule has 1 N–H and O–H groups in total. The van der Waals surface area contributed by atoms with Crippen LogP contribution in [-0.4, -0.2) is 28.0 Å². The molecule has 2 aromatic carbocycles. The zero-order chi connectivity index (χ0) is 24.2. The second-order valence-corrected chi connectivity index (χ2v) is 9.20. The number of nitrogens with zero attached hydrogens (tertiary/aromatic N) is 2. The molecule has 0 atom stereocenters. The van der Waals surface area contributed by atoms with Crippen molar-refractivity contribution in [3.8, 4) is 0 Å². The van der Waals surface area contributed by atoms with Gasteiger partial charge in [-0.05, 0) is 55.0 Å². The van der Waals surface area contributed by atoms with E-state index in [4.69, 9.17) is 4.74 Å². The molecule has 34 heavy (non-hydrogen) atoms. The Labute approximate surface area is 199 Å². The van der Waals surface area contributed by atoms with E-state index in [0.29, 0.717) is 17.4 Å². The highest BCUT2D eigenvalue weighted by molar-refractivity contribution is 5.98.